The van der Waals surface area contributed by atoms with Gasteiger partial charge in [-0.2, -0.15) is 8.73 Å². The largest absolute Gasteiger partial charge is 0.335 e. The van der Waals surface area contributed by atoms with Gasteiger partial charge >= 0.3 is 0 Å². The molecule has 1 aliphatic rings. The normalized spacial score (nSPS) is 20.0. The average molecular weight is 104 g/mol. The Morgan fingerprint density at radius 3 is 2.17 bits per heavy atom. The molecule has 0 aromatic rings. The second-order valence-electron chi connectivity index (χ2n) is 0.802. The van der Waals surface area contributed by atoms with Crippen molar-refractivity contribution in [2.24, 2.45) is 8.73 Å². The average Bonchev–Trinajstić information content (AvgIpc) is 1.72. The molecule has 0 fully saturated rings. The highest BCUT2D eigenvalue weighted by Crippen LogP contribution is 1.81. The summed E-state index contributed by atoms with van der Waals surface area (Å²) in [5.74, 6) is 0. The molecule has 0 aromatic heterocycles. The van der Waals surface area contributed by atoms with E-state index in [9.17, 15) is 0 Å². The van der Waals surface area contributed by atoms with Crippen molar-refractivity contribution in [2.45, 2.75) is 0 Å². The van der Waals surface area contributed by atoms with Crippen LogP contribution in [0.2, 0.25) is 0 Å². The zero-order chi connectivity index (χ0) is 4.24. The smallest absolute Gasteiger partial charge is 0.153 e. The minimum Gasteiger partial charge on any atom is -0.335 e. The summed E-state index contributed by atoms with van der Waals surface area (Å²) in [7, 11) is 0. The van der Waals surface area contributed by atoms with E-state index in [4.69, 9.17) is 4.74 Å². The van der Waals surface area contributed by atoms with Crippen LogP contribution in [0.3, 0.4) is 0 Å². The monoisotopic (exact) mass is 104 g/mol. The Kier molecular flexibility index (Phi) is 1.35. The first-order valence-electron chi connectivity index (χ1n) is 1.57. The Hall–Kier alpha value is -0.220. The van der Waals surface area contributed by atoms with Gasteiger partial charge in [-0.05, 0) is 0 Å². The summed E-state index contributed by atoms with van der Waals surface area (Å²) in [6, 6.07) is 0. The van der Waals surface area contributed by atoms with E-state index in [0.29, 0.717) is 13.5 Å². The fraction of sp³-hybridized carbons (Fsp3) is 1.00. The molecule has 0 bridgehead atoms. The highest BCUT2D eigenvalue weighted by atomic mass is 32.1. The van der Waals surface area contributed by atoms with Crippen LogP contribution in [-0.2, 0) is 16.1 Å². The van der Waals surface area contributed by atoms with Crippen molar-refractivity contribution in [2.75, 3.05) is 13.5 Å². The summed E-state index contributed by atoms with van der Waals surface area (Å²) in [5, 5.41) is 0. The number of hydrogen-bond acceptors (Lipinski definition) is 3. The standard InChI is InChI=1S/C2H4N2OS/c1-3-6-4-2-5-1/h1-2H2. The van der Waals surface area contributed by atoms with Crippen molar-refractivity contribution in [3.8, 4) is 0 Å². The highest BCUT2D eigenvalue weighted by Gasteiger charge is 1.80. The van der Waals surface area contributed by atoms with Gasteiger partial charge in [-0.15, -0.1) is 0 Å². The predicted molar refractivity (Wildman–Crippen MR) is 23.0 cm³/mol. The molecule has 0 amide bonds. The Morgan fingerprint density at radius 1 is 1.33 bits per heavy atom. The molecule has 1 heterocycles. The minimum atomic E-state index is 0.494. The summed E-state index contributed by atoms with van der Waals surface area (Å²) < 4.78 is 12.1. The van der Waals surface area contributed by atoms with Crippen LogP contribution in [0.25, 0.3) is 0 Å². The lowest BCUT2D eigenvalue weighted by molar-refractivity contribution is 0.150. The van der Waals surface area contributed by atoms with Crippen molar-refractivity contribution in [1.82, 2.24) is 0 Å². The van der Waals surface area contributed by atoms with Crippen molar-refractivity contribution < 1.29 is 4.74 Å². The van der Waals surface area contributed by atoms with E-state index in [1.54, 1.807) is 0 Å². The third-order valence-electron chi connectivity index (χ3n) is 0.403. The third-order valence-corrected chi connectivity index (χ3v) is 0.845. The van der Waals surface area contributed by atoms with Crippen molar-refractivity contribution in [3.05, 3.63) is 0 Å². The zero-order valence-electron chi connectivity index (χ0n) is 3.13. The third kappa shape index (κ3) is 0.874. The van der Waals surface area contributed by atoms with E-state index in [2.05, 4.69) is 8.73 Å². The molecule has 0 aromatic carbocycles. The Labute approximate surface area is 39.2 Å². The molecule has 0 radical (unpaired) electrons. The van der Waals surface area contributed by atoms with Crippen LogP contribution >= 0.6 is 0 Å². The molecule has 0 saturated heterocycles. The Balaban J connectivity index is 2.53. The van der Waals surface area contributed by atoms with E-state index in [1.165, 1.54) is 11.4 Å². The number of ether oxygens (including phenoxy) is 1. The molecule has 1 aliphatic heterocycles. The number of rotatable bonds is 0. The molecule has 0 spiro atoms. The first kappa shape index (κ1) is 3.95. The van der Waals surface area contributed by atoms with Gasteiger partial charge in [0.15, 0.2) is 13.5 Å². The molecule has 4 heteroatoms. The van der Waals surface area contributed by atoms with Gasteiger partial charge in [0.05, 0.1) is 11.4 Å². The van der Waals surface area contributed by atoms with Crippen molar-refractivity contribution in [3.63, 3.8) is 0 Å². The zero-order valence-corrected chi connectivity index (χ0v) is 3.94. The summed E-state index contributed by atoms with van der Waals surface area (Å²) in [6.07, 6.45) is 0. The molecule has 6 heavy (non-hydrogen) atoms. The highest BCUT2D eigenvalue weighted by molar-refractivity contribution is 7.57. The van der Waals surface area contributed by atoms with Gasteiger partial charge < -0.3 is 4.74 Å². The molecular formula is C2H4N2OS. The molecule has 3 nitrogen and oxygen atoms in total. The van der Waals surface area contributed by atoms with Crippen LogP contribution in [0.15, 0.2) is 8.73 Å². The van der Waals surface area contributed by atoms with Gasteiger partial charge in [0.1, 0.15) is 0 Å². The minimum absolute atomic E-state index is 0.494. The lowest BCUT2D eigenvalue weighted by atomic mass is 11.2. The number of hydrogen-bond donors (Lipinski definition) is 0. The van der Waals surface area contributed by atoms with E-state index < -0.39 is 0 Å². The van der Waals surface area contributed by atoms with Crippen molar-refractivity contribution in [1.29, 1.82) is 0 Å². The number of nitrogens with zero attached hydrogens (tertiary/aromatic N) is 2. The van der Waals surface area contributed by atoms with E-state index >= 15 is 0 Å². The Bertz CT molecular complexity index is 87.7. The van der Waals surface area contributed by atoms with Gasteiger partial charge in [-0.1, -0.05) is 0 Å². The second kappa shape index (κ2) is 2.04. The Morgan fingerprint density at radius 2 is 2.00 bits per heavy atom. The topological polar surface area (TPSA) is 34.0 Å². The maximum atomic E-state index is 4.72. The predicted octanol–water partition coefficient (Wildman–Crippen LogP) is 0.381. The molecule has 0 atom stereocenters. The fourth-order valence-electron chi connectivity index (χ4n) is 0.203. The quantitative estimate of drug-likeness (QED) is 0.437. The maximum Gasteiger partial charge on any atom is 0.153 e. The second-order valence-corrected chi connectivity index (χ2v) is 1.48. The molecule has 0 saturated carbocycles. The van der Waals surface area contributed by atoms with Gasteiger partial charge in [-0.25, -0.2) is 0 Å². The molecule has 34 valence electrons. The van der Waals surface area contributed by atoms with Crippen LogP contribution in [0.4, 0.5) is 0 Å². The molecule has 0 unspecified atom stereocenters. The van der Waals surface area contributed by atoms with Crippen LogP contribution in [0.1, 0.15) is 0 Å². The lowest BCUT2D eigenvalue weighted by Gasteiger charge is -1.92. The summed E-state index contributed by atoms with van der Waals surface area (Å²) in [4.78, 5) is 0. The van der Waals surface area contributed by atoms with Crippen LogP contribution in [-0.4, -0.2) is 13.5 Å². The van der Waals surface area contributed by atoms with Crippen LogP contribution < -0.4 is 0 Å². The fourth-order valence-corrected chi connectivity index (χ4v) is 0.528. The molecular weight excluding hydrogens is 100 g/mol. The van der Waals surface area contributed by atoms with E-state index in [0.717, 1.165) is 0 Å². The maximum absolute atomic E-state index is 4.72. The van der Waals surface area contributed by atoms with Gasteiger partial charge in [0.2, 0.25) is 0 Å². The summed E-state index contributed by atoms with van der Waals surface area (Å²) >= 11 is 1.22. The van der Waals surface area contributed by atoms with Gasteiger partial charge in [0, 0.05) is 0 Å². The van der Waals surface area contributed by atoms with Crippen LogP contribution in [0.5, 0.6) is 0 Å². The SMILES string of the molecule is C1N=S=NCO1. The summed E-state index contributed by atoms with van der Waals surface area (Å²) in [5.41, 5.74) is 0. The molecule has 0 aliphatic carbocycles. The first-order chi connectivity index (χ1) is 3.00. The molecule has 1 rings (SSSR count). The van der Waals surface area contributed by atoms with Gasteiger partial charge in [0.25, 0.3) is 0 Å². The molecule has 0 N–H and O–H groups in total. The van der Waals surface area contributed by atoms with Crippen molar-refractivity contribution >= 4 is 11.4 Å². The van der Waals surface area contributed by atoms with Gasteiger partial charge in [-0.3, -0.25) is 0 Å². The summed E-state index contributed by atoms with van der Waals surface area (Å²) in [6.45, 7) is 0.988. The van der Waals surface area contributed by atoms with E-state index in [1.807, 2.05) is 0 Å². The van der Waals surface area contributed by atoms with Crippen LogP contribution in [0, 0.1) is 0 Å². The lowest BCUT2D eigenvalue weighted by Crippen LogP contribution is -1.92. The first-order valence-corrected chi connectivity index (χ1v) is 2.31. The van der Waals surface area contributed by atoms with E-state index in [-0.39, 0.29) is 0 Å².